The molecule has 0 fully saturated rings. The van der Waals surface area contributed by atoms with Gasteiger partial charge in [-0.1, -0.05) is 15.9 Å². The molecule has 18 heavy (non-hydrogen) atoms. The first-order valence-corrected chi connectivity index (χ1v) is 8.40. The minimum atomic E-state index is -4.21. The van der Waals surface area contributed by atoms with E-state index in [1.54, 1.807) is 0 Å². The van der Waals surface area contributed by atoms with Gasteiger partial charge in [-0.3, -0.25) is 0 Å². The molecule has 1 aromatic rings. The van der Waals surface area contributed by atoms with Crippen LogP contribution in [0.1, 0.15) is 5.56 Å². The van der Waals surface area contributed by atoms with Gasteiger partial charge in [0, 0.05) is 11.1 Å². The van der Waals surface area contributed by atoms with Gasteiger partial charge in [0.1, 0.15) is 5.75 Å². The molecular formula is C10H8Br3F3OS. The van der Waals surface area contributed by atoms with Crippen molar-refractivity contribution in [3.8, 4) is 5.75 Å². The fraction of sp³-hybridized carbons (Fsp3) is 0.400. The summed E-state index contributed by atoms with van der Waals surface area (Å²) in [6.07, 6.45) is 0. The topological polar surface area (TPSA) is 9.23 Å². The summed E-state index contributed by atoms with van der Waals surface area (Å²) < 4.78 is 42.5. The van der Waals surface area contributed by atoms with Crippen molar-refractivity contribution < 1.29 is 17.9 Å². The predicted octanol–water partition coefficient (Wildman–Crippen LogP) is 5.74. The van der Waals surface area contributed by atoms with Crippen molar-refractivity contribution in [2.75, 3.05) is 12.4 Å². The number of thioether (sulfide) groups is 1. The van der Waals surface area contributed by atoms with Crippen LogP contribution in [0.5, 0.6) is 5.75 Å². The molecule has 0 heterocycles. The van der Waals surface area contributed by atoms with E-state index in [1.807, 2.05) is 12.1 Å². The summed E-state index contributed by atoms with van der Waals surface area (Å²) in [4.78, 5) is 0. The van der Waals surface area contributed by atoms with Crippen molar-refractivity contribution >= 4 is 59.6 Å². The van der Waals surface area contributed by atoms with E-state index in [9.17, 15) is 13.2 Å². The zero-order valence-electron chi connectivity index (χ0n) is 8.86. The van der Waals surface area contributed by atoms with E-state index in [2.05, 4.69) is 47.8 Å². The Morgan fingerprint density at radius 1 is 1.17 bits per heavy atom. The molecule has 1 rings (SSSR count). The lowest BCUT2D eigenvalue weighted by Crippen LogP contribution is -2.08. The molecule has 0 aromatic heterocycles. The summed E-state index contributed by atoms with van der Waals surface area (Å²) >= 11 is 9.89. The molecule has 8 heteroatoms. The highest BCUT2D eigenvalue weighted by Crippen LogP contribution is 2.36. The molecule has 1 nitrogen and oxygen atoms in total. The monoisotopic (exact) mass is 470 g/mol. The van der Waals surface area contributed by atoms with Gasteiger partial charge in [0.05, 0.1) is 15.6 Å². The number of benzene rings is 1. The first-order chi connectivity index (χ1) is 8.33. The SMILES string of the molecule is FC(F)(F)SCCOc1c(Br)cc(CBr)cc1Br. The zero-order valence-corrected chi connectivity index (χ0v) is 14.4. The Labute approximate surface area is 132 Å². The van der Waals surface area contributed by atoms with E-state index in [1.165, 1.54) is 0 Å². The van der Waals surface area contributed by atoms with Crippen LogP contribution in [0.3, 0.4) is 0 Å². The fourth-order valence-electron chi connectivity index (χ4n) is 1.13. The molecule has 0 radical (unpaired) electrons. The number of hydrogen-bond donors (Lipinski definition) is 0. The van der Waals surface area contributed by atoms with Crippen molar-refractivity contribution in [1.82, 2.24) is 0 Å². The third kappa shape index (κ3) is 5.71. The molecule has 0 atom stereocenters. The van der Waals surface area contributed by atoms with Crippen molar-refractivity contribution in [1.29, 1.82) is 0 Å². The normalized spacial score (nSPS) is 11.7. The molecule has 0 aliphatic carbocycles. The van der Waals surface area contributed by atoms with Gasteiger partial charge in [-0.2, -0.15) is 13.2 Å². The maximum atomic E-state index is 11.9. The highest BCUT2D eigenvalue weighted by atomic mass is 79.9. The average molecular weight is 473 g/mol. The maximum absolute atomic E-state index is 11.9. The Balaban J connectivity index is 2.57. The third-order valence-corrected chi connectivity index (χ3v) is 4.33. The minimum absolute atomic E-state index is 0.00492. The molecular weight excluding hydrogens is 465 g/mol. The van der Waals surface area contributed by atoms with Crippen LogP contribution >= 0.6 is 59.6 Å². The lowest BCUT2D eigenvalue weighted by Gasteiger charge is -2.12. The largest absolute Gasteiger partial charge is 0.490 e. The quantitative estimate of drug-likeness (QED) is 0.399. The number of halogens is 6. The van der Waals surface area contributed by atoms with E-state index in [-0.39, 0.29) is 24.1 Å². The second-order valence-corrected chi connectivity index (χ2v) is 6.59. The number of rotatable bonds is 5. The number of hydrogen-bond acceptors (Lipinski definition) is 2. The molecule has 0 aliphatic rings. The molecule has 0 saturated heterocycles. The molecule has 0 spiro atoms. The van der Waals surface area contributed by atoms with Gasteiger partial charge in [0.15, 0.2) is 0 Å². The first kappa shape index (κ1) is 16.7. The van der Waals surface area contributed by atoms with Gasteiger partial charge in [0.2, 0.25) is 0 Å². The fourth-order valence-corrected chi connectivity index (χ4v) is 3.36. The lowest BCUT2D eigenvalue weighted by molar-refractivity contribution is -0.0329. The van der Waals surface area contributed by atoms with Crippen molar-refractivity contribution in [2.45, 2.75) is 10.8 Å². The molecule has 0 saturated carbocycles. The van der Waals surface area contributed by atoms with Crippen LogP contribution in [-0.2, 0) is 5.33 Å². The standard InChI is InChI=1S/C10H8Br3F3OS/c11-5-6-3-7(12)9(8(13)4-6)17-1-2-18-10(14,15)16/h3-4H,1-2,5H2. The maximum Gasteiger partial charge on any atom is 0.441 e. The Bertz CT molecular complexity index is 389. The summed E-state index contributed by atoms with van der Waals surface area (Å²) in [6.45, 7) is -0.00492. The van der Waals surface area contributed by atoms with Gasteiger partial charge >= 0.3 is 5.51 Å². The van der Waals surface area contributed by atoms with Crippen molar-refractivity contribution in [3.05, 3.63) is 26.6 Å². The smallest absolute Gasteiger partial charge is 0.441 e. The Morgan fingerprint density at radius 3 is 2.17 bits per heavy atom. The van der Waals surface area contributed by atoms with Crippen LogP contribution in [0.25, 0.3) is 0 Å². The van der Waals surface area contributed by atoms with Crippen LogP contribution in [0.15, 0.2) is 21.1 Å². The van der Waals surface area contributed by atoms with Gasteiger partial charge in [-0.05, 0) is 61.3 Å². The Morgan fingerprint density at radius 2 is 1.72 bits per heavy atom. The van der Waals surface area contributed by atoms with Crippen LogP contribution < -0.4 is 4.74 Å². The predicted molar refractivity (Wildman–Crippen MR) is 78.5 cm³/mol. The molecule has 0 amide bonds. The minimum Gasteiger partial charge on any atom is -0.490 e. The van der Waals surface area contributed by atoms with Crippen LogP contribution in [0, 0.1) is 0 Å². The summed E-state index contributed by atoms with van der Waals surface area (Å²) in [5, 5.41) is 0.689. The van der Waals surface area contributed by atoms with E-state index >= 15 is 0 Å². The third-order valence-electron chi connectivity index (χ3n) is 1.81. The first-order valence-electron chi connectivity index (χ1n) is 4.71. The van der Waals surface area contributed by atoms with Crippen molar-refractivity contribution in [2.24, 2.45) is 0 Å². The highest BCUT2D eigenvalue weighted by Gasteiger charge is 2.27. The summed E-state index contributed by atoms with van der Waals surface area (Å²) in [5.74, 6) is 0.380. The number of ether oxygens (including phenoxy) is 1. The van der Waals surface area contributed by atoms with Crippen LogP contribution in [-0.4, -0.2) is 17.9 Å². The van der Waals surface area contributed by atoms with Crippen LogP contribution in [0.2, 0.25) is 0 Å². The lowest BCUT2D eigenvalue weighted by atomic mass is 10.2. The Kier molecular flexibility index (Phi) is 6.85. The molecule has 0 aliphatic heterocycles. The summed E-state index contributed by atoms with van der Waals surface area (Å²) in [7, 11) is 0. The average Bonchev–Trinajstić information content (AvgIpc) is 2.25. The molecule has 0 unspecified atom stereocenters. The van der Waals surface area contributed by atoms with Gasteiger partial charge in [-0.25, -0.2) is 0 Å². The molecule has 0 bridgehead atoms. The summed E-state index contributed by atoms with van der Waals surface area (Å²) in [6, 6.07) is 3.71. The molecule has 0 N–H and O–H groups in total. The van der Waals surface area contributed by atoms with Crippen molar-refractivity contribution in [3.63, 3.8) is 0 Å². The second-order valence-electron chi connectivity index (χ2n) is 3.16. The molecule has 102 valence electrons. The molecule has 1 aromatic carbocycles. The van der Waals surface area contributed by atoms with Gasteiger partial charge in [-0.15, -0.1) is 0 Å². The number of alkyl halides is 4. The zero-order chi connectivity index (χ0) is 13.8. The van der Waals surface area contributed by atoms with Gasteiger partial charge < -0.3 is 4.74 Å². The van der Waals surface area contributed by atoms with E-state index in [0.717, 1.165) is 5.56 Å². The van der Waals surface area contributed by atoms with Crippen LogP contribution in [0.4, 0.5) is 13.2 Å². The van der Waals surface area contributed by atoms with E-state index in [4.69, 9.17) is 4.74 Å². The van der Waals surface area contributed by atoms with E-state index < -0.39 is 5.51 Å². The Hall–Kier alpha value is 0.600. The summed E-state index contributed by atoms with van der Waals surface area (Å²) in [5.41, 5.74) is -3.18. The second kappa shape index (κ2) is 7.40. The van der Waals surface area contributed by atoms with E-state index in [0.29, 0.717) is 20.0 Å². The highest BCUT2D eigenvalue weighted by molar-refractivity contribution is 9.11. The van der Waals surface area contributed by atoms with Gasteiger partial charge in [0.25, 0.3) is 0 Å².